The molecule has 38 valence electrons. The largest absolute Gasteiger partial charge is 0.0668 e. The summed E-state index contributed by atoms with van der Waals surface area (Å²) in [7, 11) is 4.27. The fourth-order valence-electron chi connectivity index (χ4n) is 0. The quantitative estimate of drug-likeness (QED) is 0.352. The minimum absolute atomic E-state index is 0.881. The fourth-order valence-corrected chi connectivity index (χ4v) is 0. The van der Waals surface area contributed by atoms with Crippen LogP contribution in [0.5, 0.6) is 0 Å². The van der Waals surface area contributed by atoms with Gasteiger partial charge in [-0.3, -0.25) is 0 Å². The van der Waals surface area contributed by atoms with Crippen molar-refractivity contribution in [2.75, 3.05) is 0 Å². The number of rotatable bonds is 1. The van der Waals surface area contributed by atoms with Crippen LogP contribution in [0, 0.1) is 0 Å². The second-order valence-corrected chi connectivity index (χ2v) is 11.0. The molecule has 0 nitrogen and oxygen atoms in total. The lowest BCUT2D eigenvalue weighted by Gasteiger charge is -2.12. The van der Waals surface area contributed by atoms with Gasteiger partial charge in [-0.2, -0.15) is 0 Å². The van der Waals surface area contributed by atoms with E-state index in [1.165, 1.54) is 36.8 Å². The van der Waals surface area contributed by atoms with E-state index in [2.05, 4.69) is 6.92 Å². The predicted molar refractivity (Wildman–Crippen MR) is 43.0 cm³/mol. The lowest BCUT2D eigenvalue weighted by molar-refractivity contribution is 0.967. The first-order valence-corrected chi connectivity index (χ1v) is 5.97. The smallest absolute Gasteiger partial charge is 0.00549 e. The molecule has 0 fully saturated rings. The van der Waals surface area contributed by atoms with Crippen LogP contribution in [-0.2, 0) is 0 Å². The second-order valence-electron chi connectivity index (χ2n) is 2.91. The molecular formula is C3H14Si3. The molecule has 0 spiro atoms. The Labute approximate surface area is 49.0 Å². The zero-order valence-corrected chi connectivity index (χ0v) is 11.2. The number of hydrogen-bond donors (Lipinski definition) is 0. The van der Waals surface area contributed by atoms with Crippen LogP contribution in [0.3, 0.4) is 0 Å². The summed E-state index contributed by atoms with van der Waals surface area (Å²) in [5, 5.41) is 0. The molecule has 0 aliphatic carbocycles. The van der Waals surface area contributed by atoms with E-state index in [0.717, 1.165) is 4.66 Å². The van der Waals surface area contributed by atoms with Crippen LogP contribution >= 0.6 is 0 Å². The Morgan fingerprint density at radius 2 is 1.67 bits per heavy atom. The standard InChI is InChI=1S/C3H14Si3/c1-3(5,6)2-4/h2H2,1,4-6H3. The third-order valence-electron chi connectivity index (χ3n) is 1.06. The summed E-state index contributed by atoms with van der Waals surface area (Å²) in [5.41, 5.74) is 0. The van der Waals surface area contributed by atoms with Gasteiger partial charge in [-0.1, -0.05) is 17.6 Å². The van der Waals surface area contributed by atoms with E-state index in [1.54, 1.807) is 0 Å². The van der Waals surface area contributed by atoms with Crippen LogP contribution in [0.15, 0.2) is 0 Å². The molecule has 0 rings (SSSR count). The van der Waals surface area contributed by atoms with Crippen LogP contribution in [0.1, 0.15) is 6.92 Å². The van der Waals surface area contributed by atoms with Gasteiger partial charge in [0.25, 0.3) is 0 Å². The molecule has 0 aromatic heterocycles. The van der Waals surface area contributed by atoms with Crippen LogP contribution < -0.4 is 0 Å². The van der Waals surface area contributed by atoms with Crippen molar-refractivity contribution in [3.8, 4) is 0 Å². The highest BCUT2D eigenvalue weighted by atomic mass is 28.2. The van der Waals surface area contributed by atoms with Crippen molar-refractivity contribution in [3.63, 3.8) is 0 Å². The molecule has 0 saturated heterocycles. The molecule has 6 heavy (non-hydrogen) atoms. The minimum Gasteiger partial charge on any atom is -0.0668 e. The van der Waals surface area contributed by atoms with Gasteiger partial charge in [0.15, 0.2) is 0 Å². The van der Waals surface area contributed by atoms with Crippen molar-refractivity contribution >= 4 is 30.7 Å². The summed E-state index contributed by atoms with van der Waals surface area (Å²) in [6, 6.07) is 1.53. The average Bonchev–Trinajstić information content (AvgIpc) is 1.35. The third kappa shape index (κ3) is 4.65. The first-order valence-electron chi connectivity index (χ1n) is 2.56. The molecule has 3 heteroatoms. The molecule has 0 amide bonds. The van der Waals surface area contributed by atoms with E-state index in [0.29, 0.717) is 0 Å². The van der Waals surface area contributed by atoms with Crippen LogP contribution in [0.2, 0.25) is 10.7 Å². The highest BCUT2D eigenvalue weighted by molar-refractivity contribution is 6.42. The average molecular weight is 134 g/mol. The molecule has 0 saturated carbocycles. The van der Waals surface area contributed by atoms with Crippen LogP contribution in [0.25, 0.3) is 0 Å². The lowest BCUT2D eigenvalue weighted by atomic mass is 10.5. The van der Waals surface area contributed by atoms with Gasteiger partial charge in [0.05, 0.1) is 0 Å². The van der Waals surface area contributed by atoms with E-state index in [4.69, 9.17) is 0 Å². The highest BCUT2D eigenvalue weighted by Crippen LogP contribution is 2.15. The van der Waals surface area contributed by atoms with E-state index >= 15 is 0 Å². The van der Waals surface area contributed by atoms with E-state index in [9.17, 15) is 0 Å². The lowest BCUT2D eigenvalue weighted by Crippen LogP contribution is -2.04. The molecule has 0 aliphatic rings. The summed E-state index contributed by atoms with van der Waals surface area (Å²) >= 11 is 0. The first-order chi connectivity index (χ1) is 2.56. The van der Waals surface area contributed by atoms with Gasteiger partial charge in [0.2, 0.25) is 0 Å². The van der Waals surface area contributed by atoms with E-state index < -0.39 is 0 Å². The highest BCUT2D eigenvalue weighted by Gasteiger charge is 2.03. The summed E-state index contributed by atoms with van der Waals surface area (Å²) < 4.78 is 0.881. The molecular weight excluding hydrogens is 120 g/mol. The molecule has 0 unspecified atom stereocenters. The predicted octanol–water partition coefficient (Wildman–Crippen LogP) is -2.36. The maximum atomic E-state index is 2.40. The molecule has 0 bridgehead atoms. The molecule has 0 N–H and O–H groups in total. The van der Waals surface area contributed by atoms with Gasteiger partial charge < -0.3 is 0 Å². The van der Waals surface area contributed by atoms with Gasteiger partial charge in [-0.25, -0.2) is 0 Å². The summed E-state index contributed by atoms with van der Waals surface area (Å²) in [4.78, 5) is 0. The maximum absolute atomic E-state index is 2.40. The normalized spacial score (nSPS) is 21.5. The van der Waals surface area contributed by atoms with Gasteiger partial charge in [-0.15, -0.1) is 0 Å². The molecule has 0 atom stereocenters. The fraction of sp³-hybridized carbons (Fsp3) is 1.00. The SMILES string of the molecule is CC([SiH3])([SiH3])C[SiH3]. The Morgan fingerprint density at radius 3 is 1.67 bits per heavy atom. The van der Waals surface area contributed by atoms with Gasteiger partial charge >= 0.3 is 0 Å². The molecule has 0 aliphatic heterocycles. The van der Waals surface area contributed by atoms with Gasteiger partial charge in [-0.05, 0) is 0 Å². The second kappa shape index (κ2) is 2.09. The Balaban J connectivity index is 3.17. The summed E-state index contributed by atoms with van der Waals surface area (Å²) in [6.07, 6.45) is 0. The van der Waals surface area contributed by atoms with Crippen LogP contribution in [-0.4, -0.2) is 30.7 Å². The van der Waals surface area contributed by atoms with Gasteiger partial charge in [0, 0.05) is 30.7 Å². The van der Waals surface area contributed by atoms with Crippen LogP contribution in [0.4, 0.5) is 0 Å². The Bertz CT molecular complexity index is 35.8. The van der Waals surface area contributed by atoms with Crippen molar-refractivity contribution in [2.24, 2.45) is 0 Å². The Kier molecular flexibility index (Phi) is 2.31. The van der Waals surface area contributed by atoms with Crippen molar-refractivity contribution in [1.29, 1.82) is 0 Å². The van der Waals surface area contributed by atoms with E-state index in [-0.39, 0.29) is 0 Å². The molecule has 0 heterocycles. The van der Waals surface area contributed by atoms with E-state index in [1.807, 2.05) is 0 Å². The Morgan fingerprint density at radius 1 is 1.50 bits per heavy atom. The minimum atomic E-state index is 0.881. The zero-order chi connectivity index (χ0) is 5.21. The van der Waals surface area contributed by atoms with Gasteiger partial charge in [0.1, 0.15) is 0 Å². The Hall–Kier alpha value is 0.651. The summed E-state index contributed by atoms with van der Waals surface area (Å²) in [6.45, 7) is 2.40. The molecule has 0 radical (unpaired) electrons. The maximum Gasteiger partial charge on any atom is 0.00549 e. The number of hydrogen-bond acceptors (Lipinski definition) is 0. The third-order valence-corrected chi connectivity index (χ3v) is 7.42. The monoisotopic (exact) mass is 134 g/mol. The zero-order valence-electron chi connectivity index (χ0n) is 5.21. The first kappa shape index (κ1) is 6.65. The van der Waals surface area contributed by atoms with Crippen molar-refractivity contribution in [2.45, 2.75) is 17.6 Å². The van der Waals surface area contributed by atoms with Crippen molar-refractivity contribution < 1.29 is 0 Å². The van der Waals surface area contributed by atoms with Crippen molar-refractivity contribution in [3.05, 3.63) is 0 Å². The van der Waals surface area contributed by atoms with Crippen molar-refractivity contribution in [1.82, 2.24) is 0 Å². The summed E-state index contributed by atoms with van der Waals surface area (Å²) in [5.74, 6) is 0. The molecule has 0 aromatic carbocycles. The molecule has 0 aromatic rings. The topological polar surface area (TPSA) is 0 Å².